The molecule has 142 valence electrons. The van der Waals surface area contributed by atoms with Gasteiger partial charge in [-0.3, -0.25) is 0 Å². The first-order valence-electron chi connectivity index (χ1n) is 9.40. The summed E-state index contributed by atoms with van der Waals surface area (Å²) in [5, 5.41) is 7.14. The van der Waals surface area contributed by atoms with Crippen molar-refractivity contribution in [2.45, 2.75) is 25.8 Å². The van der Waals surface area contributed by atoms with E-state index in [0.29, 0.717) is 17.8 Å². The number of thiocarbonyl (C=S) groups is 1. The summed E-state index contributed by atoms with van der Waals surface area (Å²) in [5.74, 6) is 0.796. The largest absolute Gasteiger partial charge is 0.489 e. The van der Waals surface area contributed by atoms with E-state index in [2.05, 4.69) is 53.3 Å². The molecule has 1 aliphatic rings. The number of anilines is 2. The fourth-order valence-electron chi connectivity index (χ4n) is 3.42. The molecule has 0 saturated carbocycles. The van der Waals surface area contributed by atoms with E-state index in [1.807, 2.05) is 24.3 Å². The van der Waals surface area contributed by atoms with Gasteiger partial charge in [0.15, 0.2) is 5.11 Å². The predicted molar refractivity (Wildman–Crippen MR) is 118 cm³/mol. The monoisotopic (exact) mass is 381 g/mol. The van der Waals surface area contributed by atoms with Crippen LogP contribution in [0.1, 0.15) is 18.9 Å². The third kappa shape index (κ3) is 5.23. The molecule has 2 N–H and O–H groups in total. The average Bonchev–Trinajstić information content (AvgIpc) is 2.99. The molecule has 0 unspecified atom stereocenters. The van der Waals surface area contributed by atoms with Crippen molar-refractivity contribution in [1.82, 2.24) is 5.32 Å². The Hall–Kier alpha value is -2.53. The highest BCUT2D eigenvalue weighted by molar-refractivity contribution is 7.80. The molecule has 0 radical (unpaired) electrons. The molecule has 0 fully saturated rings. The molecular weight excluding hydrogens is 354 g/mol. The van der Waals surface area contributed by atoms with Gasteiger partial charge in [0.1, 0.15) is 12.4 Å². The van der Waals surface area contributed by atoms with Crippen LogP contribution in [-0.4, -0.2) is 30.9 Å². The van der Waals surface area contributed by atoms with Crippen LogP contribution in [0.15, 0.2) is 61.2 Å². The summed E-state index contributed by atoms with van der Waals surface area (Å²) < 4.78 is 5.54. The third-order valence-electron chi connectivity index (χ3n) is 4.67. The summed E-state index contributed by atoms with van der Waals surface area (Å²) in [5.41, 5.74) is 3.74. The molecule has 0 aliphatic carbocycles. The second-order valence-electron chi connectivity index (χ2n) is 6.74. The molecule has 2 aromatic rings. The lowest BCUT2D eigenvalue weighted by molar-refractivity contribution is 0.363. The number of para-hydroxylation sites is 1. The van der Waals surface area contributed by atoms with Gasteiger partial charge >= 0.3 is 0 Å². The van der Waals surface area contributed by atoms with E-state index >= 15 is 0 Å². The Balaban J connectivity index is 1.42. The van der Waals surface area contributed by atoms with Crippen molar-refractivity contribution in [2.75, 3.05) is 29.9 Å². The highest BCUT2D eigenvalue weighted by Crippen LogP contribution is 2.31. The Labute approximate surface area is 167 Å². The van der Waals surface area contributed by atoms with Gasteiger partial charge in [0.05, 0.1) is 0 Å². The van der Waals surface area contributed by atoms with Crippen molar-refractivity contribution in [3.8, 4) is 5.75 Å². The van der Waals surface area contributed by atoms with Crippen LogP contribution in [0.4, 0.5) is 11.4 Å². The van der Waals surface area contributed by atoms with E-state index in [1.54, 1.807) is 6.08 Å². The number of benzene rings is 2. The first-order chi connectivity index (χ1) is 13.2. The zero-order valence-electron chi connectivity index (χ0n) is 15.8. The molecule has 3 rings (SSSR count). The Bertz CT molecular complexity index is 793. The molecular formula is C22H27N3OS. The molecule has 0 spiro atoms. The Morgan fingerprint density at radius 1 is 1.30 bits per heavy atom. The number of fused-ring (bicyclic) bond motifs is 1. The Kier molecular flexibility index (Phi) is 6.71. The number of hydrogen-bond acceptors (Lipinski definition) is 3. The lowest BCUT2D eigenvalue weighted by Crippen LogP contribution is -2.34. The lowest BCUT2D eigenvalue weighted by atomic mass is 10.1. The predicted octanol–water partition coefficient (Wildman–Crippen LogP) is 4.38. The zero-order chi connectivity index (χ0) is 19.1. The summed E-state index contributed by atoms with van der Waals surface area (Å²) in [6.07, 6.45) is 3.89. The van der Waals surface area contributed by atoms with E-state index in [0.717, 1.165) is 37.4 Å². The summed E-state index contributed by atoms with van der Waals surface area (Å²) in [4.78, 5) is 2.49. The molecule has 0 saturated heterocycles. The highest BCUT2D eigenvalue weighted by Gasteiger charge is 2.24. The van der Waals surface area contributed by atoms with Crippen LogP contribution in [-0.2, 0) is 6.42 Å². The maximum Gasteiger partial charge on any atom is 0.170 e. The van der Waals surface area contributed by atoms with Crippen LogP contribution in [0.25, 0.3) is 0 Å². The van der Waals surface area contributed by atoms with Crippen LogP contribution in [0, 0.1) is 0 Å². The van der Waals surface area contributed by atoms with Gasteiger partial charge in [-0.25, -0.2) is 0 Å². The molecule has 0 bridgehead atoms. The van der Waals surface area contributed by atoms with Crippen molar-refractivity contribution in [2.24, 2.45) is 0 Å². The van der Waals surface area contributed by atoms with Gasteiger partial charge in [0.25, 0.3) is 0 Å². The Morgan fingerprint density at radius 3 is 3.00 bits per heavy atom. The van der Waals surface area contributed by atoms with Crippen LogP contribution in [0.3, 0.4) is 0 Å². The number of nitrogens with one attached hydrogen (secondary N) is 2. The molecule has 27 heavy (non-hydrogen) atoms. The average molecular weight is 382 g/mol. The number of ether oxygens (including phenoxy) is 1. The van der Waals surface area contributed by atoms with Gasteiger partial charge in [0, 0.05) is 36.6 Å². The van der Waals surface area contributed by atoms with Crippen molar-refractivity contribution in [3.63, 3.8) is 0 Å². The second kappa shape index (κ2) is 9.42. The minimum absolute atomic E-state index is 0.490. The quantitative estimate of drug-likeness (QED) is 0.403. The molecule has 1 heterocycles. The maximum absolute atomic E-state index is 5.54. The molecule has 2 aromatic carbocycles. The number of hydrogen-bond donors (Lipinski definition) is 2. The van der Waals surface area contributed by atoms with E-state index in [-0.39, 0.29) is 0 Å². The number of rotatable bonds is 8. The van der Waals surface area contributed by atoms with E-state index in [1.165, 1.54) is 11.3 Å². The van der Waals surface area contributed by atoms with E-state index in [4.69, 9.17) is 17.0 Å². The first kappa shape index (κ1) is 19.2. The van der Waals surface area contributed by atoms with Gasteiger partial charge < -0.3 is 20.3 Å². The minimum atomic E-state index is 0.490. The maximum atomic E-state index is 5.54. The van der Waals surface area contributed by atoms with Gasteiger partial charge in [-0.05, 0) is 55.7 Å². The topological polar surface area (TPSA) is 36.5 Å². The third-order valence-corrected chi connectivity index (χ3v) is 4.92. The SMILES string of the molecule is C=CCOc1cccc(NC(=S)NCCCN2c3ccccc3C[C@@H]2C)c1. The second-order valence-corrected chi connectivity index (χ2v) is 7.15. The minimum Gasteiger partial charge on any atom is -0.489 e. The number of nitrogens with zero attached hydrogens (tertiary/aromatic N) is 1. The van der Waals surface area contributed by atoms with Gasteiger partial charge in [0.2, 0.25) is 0 Å². The Morgan fingerprint density at radius 2 is 2.15 bits per heavy atom. The molecule has 0 amide bonds. The van der Waals surface area contributed by atoms with Crippen molar-refractivity contribution >= 4 is 28.7 Å². The molecule has 5 heteroatoms. The van der Waals surface area contributed by atoms with Crippen LogP contribution in [0.5, 0.6) is 5.75 Å². The van der Waals surface area contributed by atoms with Crippen molar-refractivity contribution < 1.29 is 4.74 Å². The summed E-state index contributed by atoms with van der Waals surface area (Å²) in [6, 6.07) is 17.0. The first-order valence-corrected chi connectivity index (χ1v) is 9.81. The summed E-state index contributed by atoms with van der Waals surface area (Å²) in [6.45, 7) is 8.31. The van der Waals surface area contributed by atoms with Crippen molar-refractivity contribution in [3.05, 3.63) is 66.7 Å². The van der Waals surface area contributed by atoms with Crippen molar-refractivity contribution in [1.29, 1.82) is 0 Å². The van der Waals surface area contributed by atoms with Crippen LogP contribution in [0.2, 0.25) is 0 Å². The lowest BCUT2D eigenvalue weighted by Gasteiger charge is -2.25. The fourth-order valence-corrected chi connectivity index (χ4v) is 3.64. The zero-order valence-corrected chi connectivity index (χ0v) is 16.6. The molecule has 4 nitrogen and oxygen atoms in total. The normalized spacial score (nSPS) is 15.1. The van der Waals surface area contributed by atoms with E-state index < -0.39 is 0 Å². The summed E-state index contributed by atoms with van der Waals surface area (Å²) >= 11 is 5.41. The van der Waals surface area contributed by atoms with Gasteiger partial charge in [-0.2, -0.15) is 0 Å². The summed E-state index contributed by atoms with van der Waals surface area (Å²) in [7, 11) is 0. The molecule has 1 aliphatic heterocycles. The van der Waals surface area contributed by atoms with E-state index in [9.17, 15) is 0 Å². The van der Waals surface area contributed by atoms with Crippen LogP contribution >= 0.6 is 12.2 Å². The van der Waals surface area contributed by atoms with Crippen LogP contribution < -0.4 is 20.3 Å². The highest BCUT2D eigenvalue weighted by atomic mass is 32.1. The van der Waals surface area contributed by atoms with Gasteiger partial charge in [-0.1, -0.05) is 36.9 Å². The standard InChI is InChI=1S/C22H27N3OS/c1-3-14-26-20-10-6-9-19(16-20)24-22(27)23-12-7-13-25-17(2)15-18-8-4-5-11-21(18)25/h3-6,8-11,16-17H,1,7,12-15H2,2H3,(H2,23,24,27)/t17-/m0/s1. The molecule has 0 aromatic heterocycles. The fraction of sp³-hybridized carbons (Fsp3) is 0.318. The molecule has 1 atom stereocenters. The van der Waals surface area contributed by atoms with Gasteiger partial charge in [-0.15, -0.1) is 0 Å². The smallest absolute Gasteiger partial charge is 0.170 e.